The van der Waals surface area contributed by atoms with Gasteiger partial charge in [0.15, 0.2) is 0 Å². The SMILES string of the molecule is CNCCN(C)C(=O)c1ccc(N2CCCS2(=O)=O)cc1C.Cl. The van der Waals surface area contributed by atoms with Crippen LogP contribution < -0.4 is 9.62 Å². The number of amides is 1. The van der Waals surface area contributed by atoms with Crippen LogP contribution in [-0.2, 0) is 10.0 Å². The summed E-state index contributed by atoms with van der Waals surface area (Å²) in [4.78, 5) is 14.1. The Kier molecular flexibility index (Phi) is 6.85. The van der Waals surface area contributed by atoms with E-state index in [0.717, 1.165) is 12.1 Å². The van der Waals surface area contributed by atoms with E-state index < -0.39 is 10.0 Å². The third kappa shape index (κ3) is 4.37. The van der Waals surface area contributed by atoms with Gasteiger partial charge in [-0.25, -0.2) is 8.42 Å². The molecule has 2 rings (SSSR count). The van der Waals surface area contributed by atoms with Crippen molar-refractivity contribution >= 4 is 34.0 Å². The van der Waals surface area contributed by atoms with E-state index in [1.54, 1.807) is 30.1 Å². The molecule has 1 aliphatic heterocycles. The van der Waals surface area contributed by atoms with Crippen LogP contribution in [0.3, 0.4) is 0 Å². The van der Waals surface area contributed by atoms with Crippen molar-refractivity contribution < 1.29 is 13.2 Å². The zero-order chi connectivity index (χ0) is 16.3. The number of carbonyl (C=O) groups is 1. The lowest BCUT2D eigenvalue weighted by atomic mass is 10.1. The lowest BCUT2D eigenvalue weighted by molar-refractivity contribution is 0.0796. The van der Waals surface area contributed by atoms with Gasteiger partial charge in [-0.2, -0.15) is 0 Å². The second-order valence-electron chi connectivity index (χ2n) is 5.57. The molecule has 1 aromatic rings. The maximum Gasteiger partial charge on any atom is 0.253 e. The summed E-state index contributed by atoms with van der Waals surface area (Å²) in [6.45, 7) is 3.70. The minimum absolute atomic E-state index is 0. The number of hydrogen-bond donors (Lipinski definition) is 1. The van der Waals surface area contributed by atoms with Crippen molar-refractivity contribution in [2.24, 2.45) is 0 Å². The third-order valence-electron chi connectivity index (χ3n) is 3.87. The van der Waals surface area contributed by atoms with Crippen molar-refractivity contribution in [2.45, 2.75) is 13.3 Å². The average Bonchev–Trinajstić information content (AvgIpc) is 2.83. The molecule has 1 fully saturated rings. The minimum Gasteiger partial charge on any atom is -0.340 e. The average molecular weight is 362 g/mol. The lowest BCUT2D eigenvalue weighted by Gasteiger charge is -2.21. The Bertz CT molecular complexity index is 664. The molecular formula is C15H24ClN3O3S. The van der Waals surface area contributed by atoms with Crippen molar-refractivity contribution in [3.63, 3.8) is 0 Å². The molecule has 0 bridgehead atoms. The minimum atomic E-state index is -3.19. The van der Waals surface area contributed by atoms with E-state index in [9.17, 15) is 13.2 Å². The maximum absolute atomic E-state index is 12.4. The highest BCUT2D eigenvalue weighted by atomic mass is 35.5. The number of sulfonamides is 1. The number of carbonyl (C=O) groups excluding carboxylic acids is 1. The largest absolute Gasteiger partial charge is 0.340 e. The Morgan fingerprint density at radius 3 is 2.61 bits per heavy atom. The van der Waals surface area contributed by atoms with E-state index in [0.29, 0.717) is 30.8 Å². The monoisotopic (exact) mass is 361 g/mol. The van der Waals surface area contributed by atoms with Gasteiger partial charge in [-0.05, 0) is 44.2 Å². The van der Waals surface area contributed by atoms with Crippen molar-refractivity contribution in [3.05, 3.63) is 29.3 Å². The Balaban J connectivity index is 0.00000264. The molecule has 1 saturated heterocycles. The predicted molar refractivity (Wildman–Crippen MR) is 95.1 cm³/mol. The zero-order valence-electron chi connectivity index (χ0n) is 13.7. The first kappa shape index (κ1) is 19.7. The van der Waals surface area contributed by atoms with Gasteiger partial charge in [0.2, 0.25) is 10.0 Å². The fourth-order valence-electron chi connectivity index (χ4n) is 2.56. The number of aryl methyl sites for hydroxylation is 1. The van der Waals surface area contributed by atoms with E-state index in [-0.39, 0.29) is 24.1 Å². The molecule has 0 aliphatic carbocycles. The molecule has 0 radical (unpaired) electrons. The molecule has 0 atom stereocenters. The number of hydrogen-bond acceptors (Lipinski definition) is 4. The molecule has 8 heteroatoms. The van der Waals surface area contributed by atoms with Gasteiger partial charge in [-0.3, -0.25) is 9.10 Å². The molecule has 6 nitrogen and oxygen atoms in total. The van der Waals surface area contributed by atoms with Crippen LogP contribution in [0.1, 0.15) is 22.3 Å². The molecular weight excluding hydrogens is 338 g/mol. The van der Waals surface area contributed by atoms with E-state index in [1.165, 1.54) is 4.31 Å². The number of nitrogens with one attached hydrogen (secondary N) is 1. The smallest absolute Gasteiger partial charge is 0.253 e. The van der Waals surface area contributed by atoms with Crippen LogP contribution in [0.15, 0.2) is 18.2 Å². The first-order chi connectivity index (χ1) is 10.4. The first-order valence-corrected chi connectivity index (χ1v) is 8.99. The zero-order valence-corrected chi connectivity index (χ0v) is 15.3. The fraction of sp³-hybridized carbons (Fsp3) is 0.533. The molecule has 0 unspecified atom stereocenters. The Labute approximate surface area is 144 Å². The van der Waals surface area contributed by atoms with Crippen molar-refractivity contribution in [3.8, 4) is 0 Å². The fourth-order valence-corrected chi connectivity index (χ4v) is 4.12. The summed E-state index contributed by atoms with van der Waals surface area (Å²) in [7, 11) is 0.415. The molecule has 23 heavy (non-hydrogen) atoms. The highest BCUT2D eigenvalue weighted by Crippen LogP contribution is 2.26. The van der Waals surface area contributed by atoms with E-state index in [1.807, 2.05) is 14.0 Å². The third-order valence-corrected chi connectivity index (χ3v) is 5.74. The van der Waals surface area contributed by atoms with E-state index in [2.05, 4.69) is 5.32 Å². The first-order valence-electron chi connectivity index (χ1n) is 7.38. The molecule has 1 amide bonds. The van der Waals surface area contributed by atoms with Crippen molar-refractivity contribution in [1.29, 1.82) is 0 Å². The normalized spacial score (nSPS) is 16.0. The summed E-state index contributed by atoms with van der Waals surface area (Å²) >= 11 is 0. The van der Waals surface area contributed by atoms with Gasteiger partial charge >= 0.3 is 0 Å². The summed E-state index contributed by atoms with van der Waals surface area (Å²) < 4.78 is 25.4. The molecule has 0 aromatic heterocycles. The van der Waals surface area contributed by atoms with Gasteiger partial charge in [0.05, 0.1) is 11.4 Å². The van der Waals surface area contributed by atoms with Gasteiger partial charge in [0, 0.05) is 32.2 Å². The van der Waals surface area contributed by atoms with Crippen LogP contribution in [-0.4, -0.2) is 58.7 Å². The number of likely N-dealkylation sites (N-methyl/N-ethyl adjacent to an activating group) is 2. The molecule has 1 aliphatic rings. The molecule has 130 valence electrons. The standard InChI is InChI=1S/C15H23N3O3S.ClH/c1-12-11-13(18-8-4-10-22(18,20)21)5-6-14(12)15(19)17(3)9-7-16-2;/h5-6,11,16H,4,7-10H2,1-3H3;1H. The summed E-state index contributed by atoms with van der Waals surface area (Å²) in [5.41, 5.74) is 2.05. The maximum atomic E-state index is 12.4. The second-order valence-corrected chi connectivity index (χ2v) is 7.58. The molecule has 0 saturated carbocycles. The number of benzene rings is 1. The van der Waals surface area contributed by atoms with Crippen LogP contribution in [0.25, 0.3) is 0 Å². The highest BCUT2D eigenvalue weighted by Gasteiger charge is 2.28. The van der Waals surface area contributed by atoms with Gasteiger partial charge in [0.25, 0.3) is 5.91 Å². The Morgan fingerprint density at radius 2 is 2.09 bits per heavy atom. The van der Waals surface area contributed by atoms with Gasteiger partial charge in [0.1, 0.15) is 0 Å². The highest BCUT2D eigenvalue weighted by molar-refractivity contribution is 7.93. The summed E-state index contributed by atoms with van der Waals surface area (Å²) in [6.07, 6.45) is 0.648. The topological polar surface area (TPSA) is 69.7 Å². The predicted octanol–water partition coefficient (Wildman–Crippen LogP) is 1.25. The number of nitrogens with zero attached hydrogens (tertiary/aromatic N) is 2. The molecule has 1 aromatic carbocycles. The van der Waals surface area contributed by atoms with Crippen LogP contribution in [0.4, 0.5) is 5.69 Å². The van der Waals surface area contributed by atoms with Crippen LogP contribution >= 0.6 is 12.4 Å². The van der Waals surface area contributed by atoms with Crippen molar-refractivity contribution in [2.75, 3.05) is 43.8 Å². The quantitative estimate of drug-likeness (QED) is 0.856. The number of rotatable bonds is 5. The van der Waals surface area contributed by atoms with Crippen LogP contribution in [0.5, 0.6) is 0 Å². The summed E-state index contributed by atoms with van der Waals surface area (Å²) in [5, 5.41) is 3.01. The van der Waals surface area contributed by atoms with Gasteiger partial charge in [-0.1, -0.05) is 0 Å². The lowest BCUT2D eigenvalue weighted by Crippen LogP contribution is -2.33. The molecule has 0 spiro atoms. The Hall–Kier alpha value is -1.31. The number of halogens is 1. The second kappa shape index (κ2) is 7.99. The van der Waals surface area contributed by atoms with Crippen molar-refractivity contribution in [1.82, 2.24) is 10.2 Å². The number of anilines is 1. The van der Waals surface area contributed by atoms with Crippen LogP contribution in [0, 0.1) is 6.92 Å². The van der Waals surface area contributed by atoms with E-state index >= 15 is 0 Å². The summed E-state index contributed by atoms with van der Waals surface area (Å²) in [5.74, 6) is 0.142. The van der Waals surface area contributed by atoms with Gasteiger partial charge in [-0.15, -0.1) is 12.4 Å². The Morgan fingerprint density at radius 1 is 1.39 bits per heavy atom. The molecule has 1 N–H and O–H groups in total. The summed E-state index contributed by atoms with van der Waals surface area (Å²) in [6, 6.07) is 5.22. The van der Waals surface area contributed by atoms with Gasteiger partial charge < -0.3 is 10.2 Å². The van der Waals surface area contributed by atoms with Crippen LogP contribution in [0.2, 0.25) is 0 Å². The molecule has 1 heterocycles. The van der Waals surface area contributed by atoms with E-state index in [4.69, 9.17) is 0 Å².